The van der Waals surface area contributed by atoms with E-state index in [2.05, 4.69) is 106 Å². The number of aromatic nitrogens is 6. The van der Waals surface area contributed by atoms with Gasteiger partial charge >= 0.3 is 0 Å². The van der Waals surface area contributed by atoms with Gasteiger partial charge in [0, 0.05) is 67.9 Å². The predicted octanol–water partition coefficient (Wildman–Crippen LogP) is 15.1. The molecule has 0 atom stereocenters. The number of nitrogens with zero attached hydrogens (tertiary/aromatic N) is 6. The van der Waals surface area contributed by atoms with Gasteiger partial charge in [0.05, 0.1) is 26.4 Å². The van der Waals surface area contributed by atoms with Crippen LogP contribution >= 0.6 is 0 Å². The zero-order chi connectivity index (χ0) is 62.1. The normalized spacial score (nSPS) is 11.0. The van der Waals surface area contributed by atoms with Crippen LogP contribution in [0.25, 0.3) is 102 Å². The first-order chi connectivity index (χ1) is 43.6. The fourth-order valence-corrected chi connectivity index (χ4v) is 10.5. The quantitative estimate of drug-likeness (QED) is 0.0649. The van der Waals surface area contributed by atoms with Crippen molar-refractivity contribution >= 4 is 0 Å². The van der Waals surface area contributed by atoms with Gasteiger partial charge in [0.1, 0.15) is 0 Å². The number of ether oxygens (including phenoxy) is 3. The molecule has 0 aliphatic carbocycles. The number of aryl methyl sites for hydroxylation is 3. The van der Waals surface area contributed by atoms with Crippen LogP contribution in [0.3, 0.4) is 0 Å². The van der Waals surface area contributed by atoms with Crippen molar-refractivity contribution in [3.63, 3.8) is 0 Å². The molecule has 89 heavy (non-hydrogen) atoms. The molecule has 0 spiro atoms. The van der Waals surface area contributed by atoms with Crippen molar-refractivity contribution in [3.8, 4) is 102 Å². The van der Waals surface area contributed by atoms with Gasteiger partial charge in [-0.2, -0.15) is 15.0 Å². The summed E-state index contributed by atoms with van der Waals surface area (Å²) in [5.41, 5.74) is 21.8. The highest BCUT2D eigenvalue weighted by Crippen LogP contribution is 2.36. The first-order valence-electron chi connectivity index (χ1n) is 29.2. The Morgan fingerprint density at radius 2 is 0.674 bits per heavy atom. The molecule has 3 aromatic heterocycles. The van der Waals surface area contributed by atoms with Crippen LogP contribution in [0.4, 0.5) is 0 Å². The molecule has 0 aliphatic heterocycles. The van der Waals surface area contributed by atoms with E-state index in [-0.39, 0.29) is 19.8 Å². The maximum Gasteiger partial charge on any atom is 0.258 e. The summed E-state index contributed by atoms with van der Waals surface area (Å²) in [5.74, 6) is 2.94. The number of hydrogen-bond acceptors (Lipinski definition) is 15. The van der Waals surface area contributed by atoms with Gasteiger partial charge in [-0.3, -0.25) is 0 Å². The lowest BCUT2D eigenvalue weighted by molar-refractivity contribution is 0.185. The van der Waals surface area contributed by atoms with Crippen LogP contribution in [0.15, 0.2) is 214 Å². The molecule has 0 saturated carbocycles. The maximum absolute atomic E-state index is 9.34. The third-order valence-corrected chi connectivity index (χ3v) is 15.1. The third-order valence-electron chi connectivity index (χ3n) is 15.1. The lowest BCUT2D eigenvalue weighted by Crippen LogP contribution is -1.95. The largest absolute Gasteiger partial charge is 0.396 e. The third kappa shape index (κ3) is 15.3. The van der Waals surface area contributed by atoms with Gasteiger partial charge in [-0.25, -0.2) is 0 Å². The smallest absolute Gasteiger partial charge is 0.258 e. The molecular formula is C74H70N6O9. The van der Waals surface area contributed by atoms with E-state index in [1.54, 1.807) is 21.3 Å². The van der Waals surface area contributed by atoms with Gasteiger partial charge in [0.15, 0.2) is 0 Å². The molecular weight excluding hydrogens is 1120 g/mol. The number of rotatable bonds is 20. The fourth-order valence-electron chi connectivity index (χ4n) is 10.5. The van der Waals surface area contributed by atoms with Crippen LogP contribution in [-0.4, -0.2) is 80.3 Å². The van der Waals surface area contributed by atoms with Gasteiger partial charge < -0.3 is 43.1 Å². The molecule has 3 N–H and O–H groups in total. The predicted molar refractivity (Wildman–Crippen MR) is 346 cm³/mol. The number of hydrogen-bond donors (Lipinski definition) is 3. The van der Waals surface area contributed by atoms with Crippen LogP contribution < -0.4 is 0 Å². The van der Waals surface area contributed by atoms with Gasteiger partial charge in [0.25, 0.3) is 17.7 Å². The average Bonchev–Trinajstić information content (AvgIpc) is 2.57. The molecule has 15 heteroatoms. The summed E-state index contributed by atoms with van der Waals surface area (Å²) in [6, 6.07) is 66.4. The lowest BCUT2D eigenvalue weighted by Gasteiger charge is -2.12. The number of benzene rings is 9. The van der Waals surface area contributed by atoms with E-state index in [1.807, 2.05) is 146 Å². The Labute approximate surface area is 517 Å². The van der Waals surface area contributed by atoms with Crippen molar-refractivity contribution < 1.29 is 43.1 Å². The average molecular weight is 1190 g/mol. The second-order valence-electron chi connectivity index (χ2n) is 21.3. The van der Waals surface area contributed by atoms with E-state index in [9.17, 15) is 5.11 Å². The molecule has 0 radical (unpaired) electrons. The summed E-state index contributed by atoms with van der Waals surface area (Å²) in [6.07, 6.45) is 1.23. The Bertz CT molecular complexity index is 4280. The van der Waals surface area contributed by atoms with Gasteiger partial charge in [-0.1, -0.05) is 167 Å². The van der Waals surface area contributed by atoms with Crippen molar-refractivity contribution in [3.05, 3.63) is 250 Å². The minimum Gasteiger partial charge on any atom is -0.396 e. The Hall–Kier alpha value is -9.84. The van der Waals surface area contributed by atoms with Crippen molar-refractivity contribution in [2.45, 2.75) is 60.0 Å². The fraction of sp³-hybridized carbons (Fsp3) is 0.189. The van der Waals surface area contributed by atoms with E-state index in [4.69, 9.17) is 38.0 Å². The number of aliphatic hydroxyl groups excluding tert-OH is 3. The summed E-state index contributed by atoms with van der Waals surface area (Å²) >= 11 is 0. The molecule has 0 aliphatic rings. The Morgan fingerprint density at radius 1 is 0.326 bits per heavy atom. The topological polar surface area (TPSA) is 205 Å². The second-order valence-corrected chi connectivity index (χ2v) is 21.3. The minimum atomic E-state index is -0.0285. The van der Waals surface area contributed by atoms with Crippen LogP contribution in [0.5, 0.6) is 0 Å². The van der Waals surface area contributed by atoms with Crippen LogP contribution in [0.2, 0.25) is 0 Å². The van der Waals surface area contributed by atoms with E-state index in [1.165, 1.54) is 33.4 Å². The van der Waals surface area contributed by atoms with E-state index >= 15 is 0 Å². The molecule has 0 bridgehead atoms. The minimum absolute atomic E-state index is 0.0285. The van der Waals surface area contributed by atoms with Crippen LogP contribution in [0, 0.1) is 20.8 Å². The molecule has 3 heterocycles. The molecule has 0 fully saturated rings. The van der Waals surface area contributed by atoms with Gasteiger partial charge in [-0.15, -0.1) is 0 Å². The number of aliphatic hydroxyl groups is 3. The van der Waals surface area contributed by atoms with Gasteiger partial charge in [-0.05, 0) is 166 Å². The first kappa shape index (κ1) is 62.2. The molecule has 9 aromatic carbocycles. The highest BCUT2D eigenvalue weighted by atomic mass is 16.5. The van der Waals surface area contributed by atoms with E-state index in [0.717, 1.165) is 83.5 Å². The second kappa shape index (κ2) is 30.2. The zero-order valence-corrected chi connectivity index (χ0v) is 50.7. The first-order valence-corrected chi connectivity index (χ1v) is 29.2. The van der Waals surface area contributed by atoms with Crippen molar-refractivity contribution in [1.29, 1.82) is 0 Å². The lowest BCUT2D eigenvalue weighted by atomic mass is 9.94. The van der Waals surface area contributed by atoms with Crippen molar-refractivity contribution in [2.24, 2.45) is 0 Å². The summed E-state index contributed by atoms with van der Waals surface area (Å²) < 4.78 is 32.9. The summed E-state index contributed by atoms with van der Waals surface area (Å²) in [5, 5.41) is 40.0. The Balaban J connectivity index is 0.000000147. The molecule has 0 amide bonds. The highest BCUT2D eigenvalue weighted by molar-refractivity contribution is 5.77. The van der Waals surface area contributed by atoms with Crippen molar-refractivity contribution in [1.82, 2.24) is 30.4 Å². The zero-order valence-electron chi connectivity index (χ0n) is 50.7. The molecule has 12 aromatic rings. The van der Waals surface area contributed by atoms with Crippen molar-refractivity contribution in [2.75, 3.05) is 34.5 Å². The van der Waals surface area contributed by atoms with Gasteiger partial charge in [0.2, 0.25) is 17.5 Å². The molecule has 12 rings (SSSR count). The Kier molecular flexibility index (Phi) is 21.1. The molecule has 450 valence electrons. The SMILES string of the molecule is COCc1cc(-c2nc(-c3ccc(CCO)cc3)no2)ccc1-c1ccccc1C.COCc1cc(-c2nc(-c3cccc(CCO)c3)no2)ccc1-c1ccccc1C.COCc1cc(-c2nc(-c3cccc(CO)c3)no2)ccc1-c1ccccc1C. The highest BCUT2D eigenvalue weighted by Gasteiger charge is 2.19. The van der Waals surface area contributed by atoms with Crippen LogP contribution in [-0.2, 0) is 53.5 Å². The van der Waals surface area contributed by atoms with E-state index < -0.39 is 0 Å². The summed E-state index contributed by atoms with van der Waals surface area (Å²) in [7, 11) is 5.07. The van der Waals surface area contributed by atoms with E-state index in [0.29, 0.717) is 67.8 Å². The number of methoxy groups -OCH3 is 3. The standard InChI is InChI=1S/2C25H24N2O3.C24H22N2O3/c1-17-6-3-4-9-22(17)23-11-10-20(15-21(23)16-29-2)25-26-24(27-30-25)19-8-5-7-18(14-19)12-13-28;1-17-5-3-4-6-22(17)23-12-11-20(15-21(23)16-29-2)25-26-24(27-30-25)19-9-7-18(8-10-19)13-14-28;1-16-6-3-4-9-21(16)22-11-10-19(13-20(22)15-28-2)24-25-23(26-29-24)18-8-5-7-17(12-18)14-27/h3-11,14-15,28H,12-13,16H2,1-2H3;3-12,15,28H,13-14,16H2,1-2H3;3-13,27H,14-15H2,1-2H3. The molecule has 0 saturated heterocycles. The molecule has 0 unspecified atom stereocenters. The molecule has 15 nitrogen and oxygen atoms in total. The Morgan fingerprint density at radius 3 is 1.04 bits per heavy atom. The van der Waals surface area contributed by atoms with Crippen LogP contribution in [0.1, 0.15) is 50.1 Å². The summed E-state index contributed by atoms with van der Waals surface area (Å²) in [6.45, 7) is 7.99. The summed E-state index contributed by atoms with van der Waals surface area (Å²) in [4.78, 5) is 13.7. The monoisotopic (exact) mass is 1190 g/mol. The maximum atomic E-state index is 9.34.